The van der Waals surface area contributed by atoms with Crippen molar-refractivity contribution in [1.29, 1.82) is 0 Å². The van der Waals surface area contributed by atoms with Gasteiger partial charge in [-0.2, -0.15) is 11.8 Å². The molecule has 3 N–H and O–H groups in total. The number of hydrogen-bond acceptors (Lipinski definition) is 3. The minimum Gasteiger partial charge on any atom is -0.481 e. The SMILES string of the molecule is O=C(O)CCCCCC1SCCC2NC(=O)NC21. The van der Waals surface area contributed by atoms with Gasteiger partial charge in [0.05, 0.1) is 12.1 Å². The quantitative estimate of drug-likeness (QED) is 0.641. The molecule has 2 saturated heterocycles. The number of hydrogen-bond donors (Lipinski definition) is 3. The lowest BCUT2D eigenvalue weighted by atomic mass is 9.99. The molecule has 2 aliphatic rings. The summed E-state index contributed by atoms with van der Waals surface area (Å²) in [6, 6.07) is 0.516. The number of unbranched alkanes of at least 4 members (excludes halogenated alkanes) is 2. The largest absolute Gasteiger partial charge is 0.481 e. The van der Waals surface area contributed by atoms with Gasteiger partial charge < -0.3 is 15.7 Å². The molecular formula is C12H20N2O3S. The van der Waals surface area contributed by atoms with E-state index >= 15 is 0 Å². The highest BCUT2D eigenvalue weighted by Gasteiger charge is 2.39. The second-order valence-electron chi connectivity index (χ2n) is 4.94. The summed E-state index contributed by atoms with van der Waals surface area (Å²) in [5, 5.41) is 15.0. The minimum absolute atomic E-state index is 0.0385. The fraction of sp³-hybridized carbons (Fsp3) is 0.833. The van der Waals surface area contributed by atoms with Crippen LogP contribution in [0.4, 0.5) is 4.79 Å². The Bertz CT molecular complexity index is 324. The van der Waals surface area contributed by atoms with Gasteiger partial charge >= 0.3 is 12.0 Å². The Kier molecular flexibility index (Phi) is 4.74. The van der Waals surface area contributed by atoms with Gasteiger partial charge in [-0.1, -0.05) is 12.8 Å². The van der Waals surface area contributed by atoms with Gasteiger partial charge in [-0.25, -0.2) is 4.79 Å². The first kappa shape index (κ1) is 13.5. The molecule has 2 aliphatic heterocycles. The van der Waals surface area contributed by atoms with Crippen LogP contribution in [0.15, 0.2) is 0 Å². The normalized spacial score (nSPS) is 30.4. The summed E-state index contributed by atoms with van der Waals surface area (Å²) in [7, 11) is 0. The van der Waals surface area contributed by atoms with E-state index in [-0.39, 0.29) is 18.5 Å². The number of carboxylic acids is 1. The highest BCUT2D eigenvalue weighted by molar-refractivity contribution is 8.00. The zero-order valence-corrected chi connectivity index (χ0v) is 11.2. The third-order valence-corrected chi connectivity index (χ3v) is 5.02. The van der Waals surface area contributed by atoms with Crippen LogP contribution < -0.4 is 10.6 Å². The zero-order chi connectivity index (χ0) is 13.0. The fourth-order valence-corrected chi connectivity index (χ4v) is 4.16. The first-order valence-corrected chi connectivity index (χ1v) is 7.62. The number of fused-ring (bicyclic) bond motifs is 1. The molecule has 0 aromatic carbocycles. The first-order valence-electron chi connectivity index (χ1n) is 6.57. The van der Waals surface area contributed by atoms with Crippen molar-refractivity contribution in [3.63, 3.8) is 0 Å². The number of urea groups is 1. The summed E-state index contributed by atoms with van der Waals surface area (Å²) in [5.41, 5.74) is 0. The van der Waals surface area contributed by atoms with Crippen molar-refractivity contribution in [1.82, 2.24) is 10.6 Å². The number of carbonyl (C=O) groups excluding carboxylic acids is 1. The number of amides is 2. The Hall–Kier alpha value is -0.910. The predicted molar refractivity (Wildman–Crippen MR) is 70.8 cm³/mol. The lowest BCUT2D eigenvalue weighted by molar-refractivity contribution is -0.137. The minimum atomic E-state index is -0.714. The summed E-state index contributed by atoms with van der Waals surface area (Å²) in [6.07, 6.45) is 5.14. The van der Waals surface area contributed by atoms with Crippen molar-refractivity contribution in [2.24, 2.45) is 0 Å². The van der Waals surface area contributed by atoms with E-state index in [1.165, 1.54) is 0 Å². The average molecular weight is 272 g/mol. The predicted octanol–water partition coefficient (Wildman–Crippen LogP) is 1.58. The van der Waals surface area contributed by atoms with Crippen LogP contribution in [-0.2, 0) is 4.79 Å². The van der Waals surface area contributed by atoms with E-state index in [0.717, 1.165) is 37.9 Å². The van der Waals surface area contributed by atoms with Crippen molar-refractivity contribution < 1.29 is 14.7 Å². The summed E-state index contributed by atoms with van der Waals surface area (Å²) >= 11 is 1.93. The molecule has 0 bridgehead atoms. The number of rotatable bonds is 6. The number of thioether (sulfide) groups is 1. The molecule has 0 spiro atoms. The van der Waals surface area contributed by atoms with Crippen LogP contribution in [0.25, 0.3) is 0 Å². The molecule has 0 saturated carbocycles. The molecule has 6 heteroatoms. The molecule has 102 valence electrons. The highest BCUT2D eigenvalue weighted by Crippen LogP contribution is 2.31. The van der Waals surface area contributed by atoms with Crippen molar-refractivity contribution >= 4 is 23.8 Å². The van der Waals surface area contributed by atoms with Gasteiger partial charge in [0.2, 0.25) is 0 Å². The van der Waals surface area contributed by atoms with Crippen molar-refractivity contribution in [2.45, 2.75) is 55.9 Å². The summed E-state index contributed by atoms with van der Waals surface area (Å²) in [5.74, 6) is 0.387. The third kappa shape index (κ3) is 3.54. The number of aliphatic carboxylic acids is 1. The second-order valence-corrected chi connectivity index (χ2v) is 6.29. The van der Waals surface area contributed by atoms with Crippen LogP contribution in [0, 0.1) is 0 Å². The summed E-state index contributed by atoms with van der Waals surface area (Å²) < 4.78 is 0. The van der Waals surface area contributed by atoms with Crippen molar-refractivity contribution in [3.05, 3.63) is 0 Å². The Morgan fingerprint density at radius 1 is 1.33 bits per heavy atom. The monoisotopic (exact) mass is 272 g/mol. The number of nitrogens with one attached hydrogen (secondary N) is 2. The second kappa shape index (κ2) is 6.31. The summed E-state index contributed by atoms with van der Waals surface area (Å²) in [4.78, 5) is 21.7. The van der Waals surface area contributed by atoms with Gasteiger partial charge in [0.15, 0.2) is 0 Å². The molecule has 2 fully saturated rings. The summed E-state index contributed by atoms with van der Waals surface area (Å²) in [6.45, 7) is 0. The maximum atomic E-state index is 11.3. The molecular weight excluding hydrogens is 252 g/mol. The van der Waals surface area contributed by atoms with E-state index in [1.807, 2.05) is 11.8 Å². The average Bonchev–Trinajstić information content (AvgIpc) is 2.69. The van der Waals surface area contributed by atoms with Crippen LogP contribution >= 0.6 is 11.8 Å². The van der Waals surface area contributed by atoms with E-state index < -0.39 is 5.97 Å². The molecule has 3 unspecified atom stereocenters. The molecule has 0 aromatic rings. The number of carboxylic acid groups (broad SMARTS) is 1. The Labute approximate surface area is 111 Å². The van der Waals surface area contributed by atoms with Gasteiger partial charge in [-0.05, 0) is 25.0 Å². The molecule has 0 radical (unpaired) electrons. The third-order valence-electron chi connectivity index (χ3n) is 3.59. The van der Waals surface area contributed by atoms with Crippen molar-refractivity contribution in [2.75, 3.05) is 5.75 Å². The van der Waals surface area contributed by atoms with Gasteiger partial charge in [-0.3, -0.25) is 4.79 Å². The van der Waals surface area contributed by atoms with E-state index in [9.17, 15) is 9.59 Å². The topological polar surface area (TPSA) is 78.4 Å². The number of carbonyl (C=O) groups is 2. The smallest absolute Gasteiger partial charge is 0.315 e. The van der Waals surface area contributed by atoms with Gasteiger partial charge in [-0.15, -0.1) is 0 Å². The highest BCUT2D eigenvalue weighted by atomic mass is 32.2. The van der Waals surface area contributed by atoms with Crippen LogP contribution in [0.5, 0.6) is 0 Å². The first-order chi connectivity index (χ1) is 8.66. The molecule has 0 aliphatic carbocycles. The van der Waals surface area contributed by atoms with E-state index in [0.29, 0.717) is 11.3 Å². The molecule has 2 amide bonds. The molecule has 3 atom stereocenters. The van der Waals surface area contributed by atoms with E-state index in [4.69, 9.17) is 5.11 Å². The van der Waals surface area contributed by atoms with Crippen LogP contribution in [0.2, 0.25) is 0 Å². The standard InChI is InChI=1S/C12H20N2O3S/c15-10(16)5-3-1-2-4-9-11-8(6-7-18-9)13-12(17)14-11/h8-9,11H,1-7H2,(H,15,16)(H2,13,14,17). The molecule has 2 rings (SSSR count). The Balaban J connectivity index is 1.68. The van der Waals surface area contributed by atoms with Crippen LogP contribution in [0.3, 0.4) is 0 Å². The van der Waals surface area contributed by atoms with Crippen molar-refractivity contribution in [3.8, 4) is 0 Å². The lowest BCUT2D eigenvalue weighted by Gasteiger charge is -2.32. The molecule has 5 nitrogen and oxygen atoms in total. The van der Waals surface area contributed by atoms with E-state index in [1.54, 1.807) is 0 Å². The van der Waals surface area contributed by atoms with Gasteiger partial charge in [0.25, 0.3) is 0 Å². The maximum Gasteiger partial charge on any atom is 0.315 e. The van der Waals surface area contributed by atoms with Crippen LogP contribution in [-0.4, -0.2) is 40.2 Å². The Morgan fingerprint density at radius 2 is 2.17 bits per heavy atom. The molecule has 2 heterocycles. The fourth-order valence-electron chi connectivity index (χ4n) is 2.67. The molecule has 0 aromatic heterocycles. The zero-order valence-electron chi connectivity index (χ0n) is 10.4. The molecule has 18 heavy (non-hydrogen) atoms. The van der Waals surface area contributed by atoms with Gasteiger partial charge in [0.1, 0.15) is 0 Å². The van der Waals surface area contributed by atoms with Crippen LogP contribution in [0.1, 0.15) is 38.5 Å². The maximum absolute atomic E-state index is 11.3. The van der Waals surface area contributed by atoms with E-state index in [2.05, 4.69) is 10.6 Å². The van der Waals surface area contributed by atoms with Gasteiger partial charge in [0, 0.05) is 11.7 Å². The lowest BCUT2D eigenvalue weighted by Crippen LogP contribution is -2.45. The Morgan fingerprint density at radius 3 is 2.94 bits per heavy atom.